The monoisotopic (exact) mass is 308 g/mol. The maximum Gasteiger partial charge on any atom is 0.270 e. The van der Waals surface area contributed by atoms with E-state index in [1.165, 1.54) is 0 Å². The average molecular weight is 309 g/mol. The molecule has 2 aromatic rings. The summed E-state index contributed by atoms with van der Waals surface area (Å²) in [6.45, 7) is 2.57. The molecule has 3 rings (SSSR count). The van der Waals surface area contributed by atoms with Crippen molar-refractivity contribution in [1.82, 2.24) is 9.88 Å². The number of hydrogen-bond acceptors (Lipinski definition) is 2. The van der Waals surface area contributed by atoms with Crippen LogP contribution in [0.3, 0.4) is 0 Å². The molecule has 1 saturated heterocycles. The molecule has 1 aromatic carbocycles. The molecule has 0 atom stereocenters. The summed E-state index contributed by atoms with van der Waals surface area (Å²) in [6.07, 6.45) is 0. The third kappa shape index (κ3) is 2.15. The van der Waals surface area contributed by atoms with E-state index in [0.29, 0.717) is 32.0 Å². The van der Waals surface area contributed by atoms with Crippen LogP contribution in [0, 0.1) is 0 Å². The van der Waals surface area contributed by atoms with Gasteiger partial charge >= 0.3 is 0 Å². The molecule has 1 N–H and O–H groups in total. The van der Waals surface area contributed by atoms with Crippen LogP contribution in [0.2, 0.25) is 0 Å². The van der Waals surface area contributed by atoms with E-state index in [-0.39, 0.29) is 5.91 Å². The van der Waals surface area contributed by atoms with Crippen LogP contribution in [-0.4, -0.2) is 42.1 Å². The number of amides is 1. The highest BCUT2D eigenvalue weighted by molar-refractivity contribution is 9.10. The average Bonchev–Trinajstić information content (AvgIpc) is 2.81. The fourth-order valence-electron chi connectivity index (χ4n) is 2.15. The highest BCUT2D eigenvalue weighted by Gasteiger charge is 2.19. The predicted molar refractivity (Wildman–Crippen MR) is 72.7 cm³/mol. The maximum absolute atomic E-state index is 12.3. The van der Waals surface area contributed by atoms with Crippen LogP contribution in [-0.2, 0) is 4.74 Å². The van der Waals surface area contributed by atoms with Gasteiger partial charge in [0, 0.05) is 28.5 Å². The number of carbonyl (C=O) groups is 1. The molecule has 0 unspecified atom stereocenters. The first-order chi connectivity index (χ1) is 8.74. The van der Waals surface area contributed by atoms with E-state index in [4.69, 9.17) is 4.74 Å². The zero-order valence-electron chi connectivity index (χ0n) is 9.78. The van der Waals surface area contributed by atoms with Crippen molar-refractivity contribution >= 4 is 32.7 Å². The van der Waals surface area contributed by atoms with Crippen LogP contribution >= 0.6 is 15.9 Å². The van der Waals surface area contributed by atoms with E-state index < -0.39 is 0 Å². The Morgan fingerprint density at radius 3 is 2.83 bits per heavy atom. The van der Waals surface area contributed by atoms with Gasteiger partial charge in [-0.25, -0.2) is 0 Å². The number of morpholine rings is 1. The Balaban J connectivity index is 1.91. The quantitative estimate of drug-likeness (QED) is 0.879. The van der Waals surface area contributed by atoms with Crippen LogP contribution in [0.15, 0.2) is 28.7 Å². The van der Waals surface area contributed by atoms with E-state index in [2.05, 4.69) is 20.9 Å². The number of nitrogens with one attached hydrogen (secondary N) is 1. The van der Waals surface area contributed by atoms with Gasteiger partial charge in [-0.3, -0.25) is 4.79 Å². The molecule has 0 aliphatic carbocycles. The number of fused-ring (bicyclic) bond motifs is 1. The number of halogens is 1. The number of rotatable bonds is 1. The number of hydrogen-bond donors (Lipinski definition) is 1. The molecule has 1 aliphatic heterocycles. The maximum atomic E-state index is 12.3. The molecular formula is C13H13BrN2O2. The van der Waals surface area contributed by atoms with Gasteiger partial charge in [-0.1, -0.05) is 22.0 Å². The summed E-state index contributed by atoms with van der Waals surface area (Å²) >= 11 is 3.42. The summed E-state index contributed by atoms with van der Waals surface area (Å²) in [4.78, 5) is 17.3. The standard InChI is InChI=1S/C13H13BrN2O2/c14-10-2-1-9-7-12(15-11(9)8-10)13(17)16-3-5-18-6-4-16/h1-2,7-8,15H,3-6H2. The van der Waals surface area contributed by atoms with Crippen molar-refractivity contribution in [3.8, 4) is 0 Å². The Bertz CT molecular complexity index is 588. The van der Waals surface area contributed by atoms with Gasteiger partial charge in [-0.2, -0.15) is 0 Å². The first kappa shape index (κ1) is 11.7. The van der Waals surface area contributed by atoms with Crippen molar-refractivity contribution in [2.24, 2.45) is 0 Å². The lowest BCUT2D eigenvalue weighted by Crippen LogP contribution is -2.40. The fourth-order valence-corrected chi connectivity index (χ4v) is 2.51. The topological polar surface area (TPSA) is 45.3 Å². The molecule has 1 amide bonds. The van der Waals surface area contributed by atoms with Gasteiger partial charge in [0.25, 0.3) is 5.91 Å². The zero-order valence-corrected chi connectivity index (χ0v) is 11.4. The molecule has 1 fully saturated rings. The van der Waals surface area contributed by atoms with E-state index in [0.717, 1.165) is 15.4 Å². The molecule has 0 saturated carbocycles. The Kier molecular flexibility index (Phi) is 3.09. The molecule has 5 heteroatoms. The summed E-state index contributed by atoms with van der Waals surface area (Å²) in [7, 11) is 0. The van der Waals surface area contributed by atoms with Crippen molar-refractivity contribution in [1.29, 1.82) is 0 Å². The SMILES string of the molecule is O=C(c1cc2ccc(Br)cc2[nH]1)N1CCOCC1. The first-order valence-electron chi connectivity index (χ1n) is 5.89. The van der Waals surface area contributed by atoms with Crippen molar-refractivity contribution in [3.63, 3.8) is 0 Å². The molecule has 1 aliphatic rings. The molecule has 4 nitrogen and oxygen atoms in total. The Morgan fingerprint density at radius 2 is 2.06 bits per heavy atom. The van der Waals surface area contributed by atoms with Crippen LogP contribution in [0.25, 0.3) is 10.9 Å². The minimum absolute atomic E-state index is 0.0469. The third-order valence-corrected chi connectivity index (χ3v) is 3.61. The molecule has 0 bridgehead atoms. The summed E-state index contributed by atoms with van der Waals surface area (Å²) < 4.78 is 6.25. The molecule has 0 radical (unpaired) electrons. The third-order valence-electron chi connectivity index (χ3n) is 3.11. The van der Waals surface area contributed by atoms with E-state index in [1.54, 1.807) is 0 Å². The van der Waals surface area contributed by atoms with Gasteiger partial charge in [0.05, 0.1) is 13.2 Å². The lowest BCUT2D eigenvalue weighted by Gasteiger charge is -2.26. The minimum Gasteiger partial charge on any atom is -0.378 e. The Labute approximate surface area is 113 Å². The van der Waals surface area contributed by atoms with Gasteiger partial charge in [-0.05, 0) is 18.2 Å². The number of aromatic nitrogens is 1. The van der Waals surface area contributed by atoms with E-state index in [1.807, 2.05) is 29.2 Å². The number of carbonyl (C=O) groups excluding carboxylic acids is 1. The molecule has 2 heterocycles. The number of benzene rings is 1. The molecular weight excluding hydrogens is 296 g/mol. The lowest BCUT2D eigenvalue weighted by molar-refractivity contribution is 0.0299. The van der Waals surface area contributed by atoms with Gasteiger partial charge in [0.2, 0.25) is 0 Å². The minimum atomic E-state index is 0.0469. The summed E-state index contributed by atoms with van der Waals surface area (Å²) in [5, 5.41) is 1.05. The molecule has 94 valence electrons. The smallest absolute Gasteiger partial charge is 0.270 e. The summed E-state index contributed by atoms with van der Waals surface area (Å²) in [6, 6.07) is 7.84. The fraction of sp³-hybridized carbons (Fsp3) is 0.308. The van der Waals surface area contributed by atoms with Crippen molar-refractivity contribution < 1.29 is 9.53 Å². The number of H-pyrrole nitrogens is 1. The predicted octanol–water partition coefficient (Wildman–Crippen LogP) is 2.40. The number of ether oxygens (including phenoxy) is 1. The normalized spacial score (nSPS) is 16.2. The Morgan fingerprint density at radius 1 is 1.28 bits per heavy atom. The van der Waals surface area contributed by atoms with E-state index >= 15 is 0 Å². The second-order valence-corrected chi connectivity index (χ2v) is 5.23. The van der Waals surface area contributed by atoms with Crippen LogP contribution in [0.1, 0.15) is 10.5 Å². The second-order valence-electron chi connectivity index (χ2n) is 4.32. The molecule has 18 heavy (non-hydrogen) atoms. The zero-order chi connectivity index (χ0) is 12.5. The number of nitrogens with zero attached hydrogens (tertiary/aromatic N) is 1. The highest BCUT2D eigenvalue weighted by Crippen LogP contribution is 2.21. The second kappa shape index (κ2) is 4.74. The van der Waals surface area contributed by atoms with E-state index in [9.17, 15) is 4.79 Å². The Hall–Kier alpha value is -1.33. The van der Waals surface area contributed by atoms with Gasteiger partial charge in [0.15, 0.2) is 0 Å². The molecule has 0 spiro atoms. The van der Waals surface area contributed by atoms with Gasteiger partial charge in [0.1, 0.15) is 5.69 Å². The van der Waals surface area contributed by atoms with Crippen LogP contribution in [0.5, 0.6) is 0 Å². The van der Waals surface area contributed by atoms with Crippen molar-refractivity contribution in [3.05, 3.63) is 34.4 Å². The highest BCUT2D eigenvalue weighted by atomic mass is 79.9. The van der Waals surface area contributed by atoms with Crippen LogP contribution in [0.4, 0.5) is 0 Å². The largest absolute Gasteiger partial charge is 0.378 e. The molecule has 1 aromatic heterocycles. The summed E-state index contributed by atoms with van der Waals surface area (Å²) in [5.41, 5.74) is 1.62. The van der Waals surface area contributed by atoms with Gasteiger partial charge < -0.3 is 14.6 Å². The van der Waals surface area contributed by atoms with Crippen molar-refractivity contribution in [2.45, 2.75) is 0 Å². The van der Waals surface area contributed by atoms with Gasteiger partial charge in [-0.15, -0.1) is 0 Å². The first-order valence-corrected chi connectivity index (χ1v) is 6.68. The van der Waals surface area contributed by atoms with Crippen molar-refractivity contribution in [2.75, 3.05) is 26.3 Å². The lowest BCUT2D eigenvalue weighted by atomic mass is 10.2. The summed E-state index contributed by atoms with van der Waals surface area (Å²) in [5.74, 6) is 0.0469. The number of aromatic amines is 1. The van der Waals surface area contributed by atoms with Crippen LogP contribution < -0.4 is 0 Å².